The average molecular weight is 431 g/mol. The molecule has 3 aromatic rings. The van der Waals surface area contributed by atoms with Crippen LogP contribution in [0.3, 0.4) is 0 Å². The number of hydrogen-bond donors (Lipinski definition) is 2. The summed E-state index contributed by atoms with van der Waals surface area (Å²) in [6.07, 6.45) is 1.73. The minimum absolute atomic E-state index is 0.146. The number of furan rings is 1. The summed E-state index contributed by atoms with van der Waals surface area (Å²) in [6, 6.07) is 15.2. The van der Waals surface area contributed by atoms with Gasteiger partial charge in [-0.15, -0.1) is 0 Å². The number of nitrogens with zero attached hydrogens (tertiary/aromatic N) is 1. The van der Waals surface area contributed by atoms with Gasteiger partial charge in [0.05, 0.1) is 20.6 Å². The topological polar surface area (TPSA) is 74.8 Å². The van der Waals surface area contributed by atoms with E-state index in [0.29, 0.717) is 43.6 Å². The molecule has 2 aromatic carbocycles. The van der Waals surface area contributed by atoms with Crippen molar-refractivity contribution in [3.8, 4) is 17.1 Å². The monoisotopic (exact) mass is 430 g/mol. The summed E-state index contributed by atoms with van der Waals surface area (Å²) in [5.74, 6) is 1.67. The molecule has 0 spiro atoms. The largest absolute Gasteiger partial charge is 0.508 e. The number of thioether (sulfide) groups is 1. The summed E-state index contributed by atoms with van der Waals surface area (Å²) >= 11 is 13.3. The van der Waals surface area contributed by atoms with Crippen LogP contribution in [0.15, 0.2) is 68.9 Å². The van der Waals surface area contributed by atoms with E-state index in [4.69, 9.17) is 27.6 Å². The number of nitrogens with one attached hydrogen (secondary N) is 1. The van der Waals surface area contributed by atoms with Crippen LogP contribution in [0.1, 0.15) is 5.76 Å². The number of aromatic hydroxyl groups is 1. The van der Waals surface area contributed by atoms with E-state index >= 15 is 0 Å². The molecule has 1 fully saturated rings. The molecule has 1 aromatic heterocycles. The molecule has 0 radical (unpaired) electrons. The number of amides is 1. The predicted molar refractivity (Wildman–Crippen MR) is 113 cm³/mol. The quantitative estimate of drug-likeness (QED) is 0.497. The SMILES string of the molecule is O=C1NC(=Nc2ccc(O)cc2)/C(=C/c2ccc(-c3cccc(Cl)c3Cl)o2)S1. The fraction of sp³-hybridized carbons (Fsp3) is 0. The molecule has 2 heterocycles. The summed E-state index contributed by atoms with van der Waals surface area (Å²) in [4.78, 5) is 16.9. The zero-order valence-electron chi connectivity index (χ0n) is 14.1. The van der Waals surface area contributed by atoms with E-state index in [2.05, 4.69) is 10.3 Å². The Morgan fingerprint density at radius 3 is 2.64 bits per heavy atom. The van der Waals surface area contributed by atoms with Gasteiger partial charge in [0.15, 0.2) is 0 Å². The van der Waals surface area contributed by atoms with Crippen molar-refractivity contribution in [1.82, 2.24) is 5.32 Å². The van der Waals surface area contributed by atoms with E-state index in [0.717, 1.165) is 11.8 Å². The van der Waals surface area contributed by atoms with Crippen LogP contribution in [-0.2, 0) is 0 Å². The lowest BCUT2D eigenvalue weighted by atomic mass is 10.2. The first-order valence-electron chi connectivity index (χ1n) is 8.12. The zero-order chi connectivity index (χ0) is 19.7. The van der Waals surface area contributed by atoms with Gasteiger partial charge in [-0.25, -0.2) is 4.99 Å². The van der Waals surface area contributed by atoms with Crippen LogP contribution in [0, 0.1) is 0 Å². The van der Waals surface area contributed by atoms with Gasteiger partial charge in [0.25, 0.3) is 5.24 Å². The average Bonchev–Trinajstić information content (AvgIpc) is 3.26. The fourth-order valence-electron chi connectivity index (χ4n) is 2.57. The standard InChI is InChI=1S/C20H12Cl2N2O3S/c21-15-3-1-2-14(18(15)22)16-9-8-13(27-16)10-17-19(24-20(26)28-17)23-11-4-6-12(25)7-5-11/h1-10,25H,(H,23,24,26)/b17-10-. The third-order valence-corrected chi connectivity index (χ3v) is 5.50. The van der Waals surface area contributed by atoms with Crippen molar-refractivity contribution < 1.29 is 14.3 Å². The molecule has 0 aliphatic carbocycles. The van der Waals surface area contributed by atoms with E-state index in [1.807, 2.05) is 6.07 Å². The molecule has 1 amide bonds. The minimum Gasteiger partial charge on any atom is -0.508 e. The Labute approximate surface area is 174 Å². The van der Waals surface area contributed by atoms with Gasteiger partial charge in [-0.1, -0.05) is 29.3 Å². The second-order valence-electron chi connectivity index (χ2n) is 5.80. The van der Waals surface area contributed by atoms with Gasteiger partial charge in [0.2, 0.25) is 0 Å². The molecule has 0 unspecified atom stereocenters. The lowest BCUT2D eigenvalue weighted by Gasteiger charge is -2.02. The molecule has 2 N–H and O–H groups in total. The highest BCUT2D eigenvalue weighted by atomic mass is 35.5. The van der Waals surface area contributed by atoms with Gasteiger partial charge in [0.1, 0.15) is 23.1 Å². The molecular weight excluding hydrogens is 419 g/mol. The summed E-state index contributed by atoms with van der Waals surface area (Å²) in [5, 5.41) is 12.7. The zero-order valence-corrected chi connectivity index (χ0v) is 16.5. The molecule has 28 heavy (non-hydrogen) atoms. The highest BCUT2D eigenvalue weighted by Gasteiger charge is 2.24. The van der Waals surface area contributed by atoms with Gasteiger partial charge in [-0.05, 0) is 66.4 Å². The fourth-order valence-corrected chi connectivity index (χ4v) is 3.68. The maximum absolute atomic E-state index is 11.8. The molecule has 0 bridgehead atoms. The van der Waals surface area contributed by atoms with Gasteiger partial charge < -0.3 is 14.8 Å². The van der Waals surface area contributed by atoms with Crippen LogP contribution in [0.4, 0.5) is 10.5 Å². The van der Waals surface area contributed by atoms with Gasteiger partial charge in [-0.2, -0.15) is 0 Å². The molecule has 1 aliphatic heterocycles. The molecule has 4 rings (SSSR count). The normalized spacial score (nSPS) is 16.7. The van der Waals surface area contributed by atoms with Crippen LogP contribution in [0.5, 0.6) is 5.75 Å². The number of benzene rings is 2. The van der Waals surface area contributed by atoms with E-state index in [1.54, 1.807) is 42.5 Å². The second kappa shape index (κ2) is 7.75. The molecule has 0 saturated carbocycles. The van der Waals surface area contributed by atoms with Crippen molar-refractivity contribution in [2.24, 2.45) is 4.99 Å². The Hall–Kier alpha value is -2.67. The van der Waals surface area contributed by atoms with Gasteiger partial charge in [-0.3, -0.25) is 4.79 Å². The summed E-state index contributed by atoms with van der Waals surface area (Å²) in [5.41, 5.74) is 1.29. The Morgan fingerprint density at radius 1 is 1.07 bits per heavy atom. The molecular formula is C20H12Cl2N2O3S. The maximum atomic E-state index is 11.8. The van der Waals surface area contributed by atoms with E-state index in [9.17, 15) is 9.90 Å². The van der Waals surface area contributed by atoms with Crippen molar-refractivity contribution in [2.45, 2.75) is 0 Å². The minimum atomic E-state index is -0.228. The Balaban J connectivity index is 1.66. The number of phenolic OH excluding ortho intramolecular Hbond substituents is 1. The number of carbonyl (C=O) groups excluding carboxylic acids is 1. The summed E-state index contributed by atoms with van der Waals surface area (Å²) in [6.45, 7) is 0. The first kappa shape index (κ1) is 18.7. The Bertz CT molecular complexity index is 1120. The first-order valence-corrected chi connectivity index (χ1v) is 9.70. The van der Waals surface area contributed by atoms with Crippen LogP contribution in [0.2, 0.25) is 10.0 Å². The predicted octanol–water partition coefficient (Wildman–Crippen LogP) is 6.49. The van der Waals surface area contributed by atoms with Crippen molar-refractivity contribution in [1.29, 1.82) is 0 Å². The van der Waals surface area contributed by atoms with Crippen LogP contribution in [0.25, 0.3) is 17.4 Å². The number of halogens is 2. The Kier molecular flexibility index (Phi) is 5.17. The number of phenols is 1. The van der Waals surface area contributed by atoms with Gasteiger partial charge >= 0.3 is 0 Å². The van der Waals surface area contributed by atoms with Crippen molar-refractivity contribution in [2.75, 3.05) is 0 Å². The lowest BCUT2D eigenvalue weighted by Crippen LogP contribution is -2.18. The molecule has 1 saturated heterocycles. The molecule has 0 atom stereocenters. The third kappa shape index (κ3) is 3.94. The molecule has 8 heteroatoms. The van der Waals surface area contributed by atoms with Crippen molar-refractivity contribution >= 4 is 57.8 Å². The number of amidine groups is 1. The summed E-state index contributed by atoms with van der Waals surface area (Å²) < 4.78 is 5.86. The molecule has 5 nitrogen and oxygen atoms in total. The number of aliphatic imine (C=N–C) groups is 1. The van der Waals surface area contributed by atoms with Gasteiger partial charge in [0, 0.05) is 5.56 Å². The summed E-state index contributed by atoms with van der Waals surface area (Å²) in [7, 11) is 0. The second-order valence-corrected chi connectivity index (χ2v) is 7.60. The maximum Gasteiger partial charge on any atom is 0.289 e. The van der Waals surface area contributed by atoms with Crippen LogP contribution < -0.4 is 5.32 Å². The number of rotatable bonds is 3. The smallest absolute Gasteiger partial charge is 0.289 e. The third-order valence-electron chi connectivity index (χ3n) is 3.86. The lowest BCUT2D eigenvalue weighted by molar-refractivity contribution is 0.265. The van der Waals surface area contributed by atoms with Crippen LogP contribution in [-0.4, -0.2) is 16.2 Å². The van der Waals surface area contributed by atoms with Crippen molar-refractivity contribution in [3.63, 3.8) is 0 Å². The van der Waals surface area contributed by atoms with E-state index in [-0.39, 0.29) is 11.0 Å². The highest BCUT2D eigenvalue weighted by molar-refractivity contribution is 8.18. The Morgan fingerprint density at radius 2 is 1.86 bits per heavy atom. The highest BCUT2D eigenvalue weighted by Crippen LogP contribution is 2.35. The molecule has 1 aliphatic rings. The van der Waals surface area contributed by atoms with E-state index in [1.165, 1.54) is 12.1 Å². The van der Waals surface area contributed by atoms with Crippen molar-refractivity contribution in [3.05, 3.63) is 75.3 Å². The number of carbonyl (C=O) groups is 1. The van der Waals surface area contributed by atoms with Crippen LogP contribution >= 0.6 is 35.0 Å². The molecule has 140 valence electrons. The first-order chi connectivity index (χ1) is 13.5. The van der Waals surface area contributed by atoms with E-state index < -0.39 is 0 Å². The number of hydrogen-bond acceptors (Lipinski definition) is 5.